The van der Waals surface area contributed by atoms with Crippen molar-refractivity contribution in [2.75, 3.05) is 18.2 Å². The van der Waals surface area contributed by atoms with E-state index in [1.807, 2.05) is 0 Å². The fraction of sp³-hybridized carbons (Fsp3) is 0.222. The lowest BCUT2D eigenvalue weighted by molar-refractivity contribution is -0.385. The maximum absolute atomic E-state index is 12.3. The van der Waals surface area contributed by atoms with Crippen molar-refractivity contribution in [1.82, 2.24) is 9.97 Å². The molecule has 32 heavy (non-hydrogen) atoms. The van der Waals surface area contributed by atoms with Crippen LogP contribution in [0.15, 0.2) is 47.9 Å². The summed E-state index contributed by atoms with van der Waals surface area (Å²) in [4.78, 5) is 35.6. The van der Waals surface area contributed by atoms with Crippen LogP contribution in [0.3, 0.4) is 0 Å². The van der Waals surface area contributed by atoms with Crippen LogP contribution in [0.4, 0.5) is 24.7 Å². The standard InChI is InChI=1S/C18H14F3N5O6/c1-2-30-17(27)13-7-8-25(10-24-13)15-14(26(28)29)16(23-9-22-15)31-11-3-5-12(6-4-11)32-18(19,20)21/h3-9H,2,10H2,1H3. The Balaban J connectivity index is 1.83. The van der Waals surface area contributed by atoms with Crippen LogP contribution < -0.4 is 14.4 Å². The SMILES string of the molecule is CCOC(=O)C1=NCN(c2ncnc(Oc3ccc(OC(F)(F)F)cc3)c2[N+](=O)[O-])C=C1. The predicted octanol–water partition coefficient (Wildman–Crippen LogP) is 3.37. The van der Waals surface area contributed by atoms with Crippen molar-refractivity contribution >= 4 is 23.2 Å². The summed E-state index contributed by atoms with van der Waals surface area (Å²) in [6.07, 6.45) is -1.17. The maximum atomic E-state index is 12.3. The second kappa shape index (κ2) is 9.28. The number of carbonyl (C=O) groups is 1. The lowest BCUT2D eigenvalue weighted by atomic mass is 10.3. The van der Waals surface area contributed by atoms with Gasteiger partial charge in [0.05, 0.1) is 11.5 Å². The van der Waals surface area contributed by atoms with Gasteiger partial charge in [-0.2, -0.15) is 4.98 Å². The predicted molar refractivity (Wildman–Crippen MR) is 102 cm³/mol. The van der Waals surface area contributed by atoms with Gasteiger partial charge in [0.15, 0.2) is 0 Å². The minimum Gasteiger partial charge on any atom is -0.461 e. The number of carbonyl (C=O) groups excluding carboxylic acids is 1. The smallest absolute Gasteiger partial charge is 0.461 e. The number of aliphatic imine (C=N–C) groups is 1. The summed E-state index contributed by atoms with van der Waals surface area (Å²) in [5.41, 5.74) is -0.569. The topological polar surface area (TPSA) is 129 Å². The molecule has 0 N–H and O–H groups in total. The molecule has 1 aromatic heterocycles. The van der Waals surface area contributed by atoms with Gasteiger partial charge in [0, 0.05) is 6.20 Å². The average molecular weight is 453 g/mol. The van der Waals surface area contributed by atoms with E-state index in [-0.39, 0.29) is 30.6 Å². The Bertz CT molecular complexity index is 1070. The Hall–Kier alpha value is -4.23. The molecule has 168 valence electrons. The molecule has 0 radical (unpaired) electrons. The average Bonchev–Trinajstić information content (AvgIpc) is 2.74. The molecule has 0 bridgehead atoms. The summed E-state index contributed by atoms with van der Waals surface area (Å²) in [6, 6.07) is 4.22. The Morgan fingerprint density at radius 1 is 1.22 bits per heavy atom. The summed E-state index contributed by atoms with van der Waals surface area (Å²) < 4.78 is 50.8. The highest BCUT2D eigenvalue weighted by Gasteiger charge is 2.31. The fourth-order valence-corrected chi connectivity index (χ4v) is 2.51. The van der Waals surface area contributed by atoms with Gasteiger partial charge in [-0.1, -0.05) is 0 Å². The van der Waals surface area contributed by atoms with Gasteiger partial charge in [-0.15, -0.1) is 13.2 Å². The number of aromatic nitrogens is 2. The zero-order valence-electron chi connectivity index (χ0n) is 16.3. The molecule has 1 aromatic carbocycles. The van der Waals surface area contributed by atoms with Gasteiger partial charge in [-0.25, -0.2) is 9.78 Å². The molecule has 0 aliphatic carbocycles. The molecule has 0 saturated heterocycles. The lowest BCUT2D eigenvalue weighted by Gasteiger charge is -2.20. The third-order valence-corrected chi connectivity index (χ3v) is 3.79. The van der Waals surface area contributed by atoms with Crippen LogP contribution in [-0.2, 0) is 9.53 Å². The number of hydrogen-bond acceptors (Lipinski definition) is 10. The quantitative estimate of drug-likeness (QED) is 0.352. The van der Waals surface area contributed by atoms with Gasteiger partial charge in [0.1, 0.15) is 30.2 Å². The van der Waals surface area contributed by atoms with Crippen molar-refractivity contribution in [1.29, 1.82) is 0 Å². The maximum Gasteiger partial charge on any atom is 0.573 e. The third kappa shape index (κ3) is 5.47. The number of anilines is 1. The highest BCUT2D eigenvalue weighted by Crippen LogP contribution is 2.37. The highest BCUT2D eigenvalue weighted by molar-refractivity contribution is 6.41. The molecule has 0 fully saturated rings. The van der Waals surface area contributed by atoms with E-state index in [1.54, 1.807) is 6.92 Å². The van der Waals surface area contributed by atoms with E-state index in [1.165, 1.54) is 17.2 Å². The first kappa shape index (κ1) is 22.5. The van der Waals surface area contributed by atoms with Crippen LogP contribution in [0.5, 0.6) is 17.4 Å². The molecule has 1 aliphatic heterocycles. The molecule has 2 aromatic rings. The number of nitrogens with zero attached hydrogens (tertiary/aromatic N) is 5. The molecule has 0 atom stereocenters. The summed E-state index contributed by atoms with van der Waals surface area (Å²) in [7, 11) is 0. The van der Waals surface area contributed by atoms with Crippen LogP contribution in [0, 0.1) is 10.1 Å². The molecule has 14 heteroatoms. The number of ether oxygens (including phenoxy) is 3. The van der Waals surface area contributed by atoms with Crippen molar-refractivity contribution in [3.05, 3.63) is 53.0 Å². The molecule has 1 aliphatic rings. The Morgan fingerprint density at radius 2 is 1.91 bits per heavy atom. The zero-order chi connectivity index (χ0) is 23.3. The molecule has 0 amide bonds. The van der Waals surface area contributed by atoms with Crippen molar-refractivity contribution < 1.29 is 37.1 Å². The van der Waals surface area contributed by atoms with E-state index in [4.69, 9.17) is 9.47 Å². The number of halogens is 3. The summed E-state index contributed by atoms with van der Waals surface area (Å²) in [5.74, 6) is -1.76. The van der Waals surface area contributed by atoms with Crippen LogP contribution in [0.25, 0.3) is 0 Å². The summed E-state index contributed by atoms with van der Waals surface area (Å²) in [6.45, 7) is 1.64. The molecular weight excluding hydrogens is 439 g/mol. The van der Waals surface area contributed by atoms with E-state index in [0.717, 1.165) is 30.6 Å². The lowest BCUT2D eigenvalue weighted by Crippen LogP contribution is -2.27. The van der Waals surface area contributed by atoms with Gasteiger partial charge < -0.3 is 19.1 Å². The fourth-order valence-electron chi connectivity index (χ4n) is 2.51. The first-order chi connectivity index (χ1) is 15.2. The monoisotopic (exact) mass is 453 g/mol. The molecular formula is C18H14F3N5O6. The molecule has 0 unspecified atom stereocenters. The molecule has 11 nitrogen and oxygen atoms in total. The third-order valence-electron chi connectivity index (χ3n) is 3.79. The first-order valence-electron chi connectivity index (χ1n) is 8.87. The Kier molecular flexibility index (Phi) is 6.51. The van der Waals surface area contributed by atoms with Crippen molar-refractivity contribution in [3.63, 3.8) is 0 Å². The zero-order valence-corrected chi connectivity index (χ0v) is 16.3. The molecule has 2 heterocycles. The minimum absolute atomic E-state index is 0.0240. The van der Waals surface area contributed by atoms with Crippen molar-refractivity contribution in [2.45, 2.75) is 13.3 Å². The van der Waals surface area contributed by atoms with Gasteiger partial charge in [-0.05, 0) is 37.3 Å². The van der Waals surface area contributed by atoms with Crippen LogP contribution in [0.2, 0.25) is 0 Å². The number of esters is 1. The number of hydrogen-bond donors (Lipinski definition) is 0. The van der Waals surface area contributed by atoms with Crippen LogP contribution >= 0.6 is 0 Å². The van der Waals surface area contributed by atoms with Crippen LogP contribution in [-0.4, -0.2) is 46.2 Å². The number of benzene rings is 1. The number of alkyl halides is 3. The first-order valence-corrected chi connectivity index (χ1v) is 8.87. The van der Waals surface area contributed by atoms with Gasteiger partial charge in [0.2, 0.25) is 5.82 Å². The highest BCUT2D eigenvalue weighted by atomic mass is 19.4. The minimum atomic E-state index is -4.86. The van der Waals surface area contributed by atoms with E-state index in [0.29, 0.717) is 0 Å². The van der Waals surface area contributed by atoms with Crippen molar-refractivity contribution in [2.24, 2.45) is 4.99 Å². The Morgan fingerprint density at radius 3 is 2.47 bits per heavy atom. The molecule has 0 spiro atoms. The van der Waals surface area contributed by atoms with E-state index < -0.39 is 34.6 Å². The molecule has 3 rings (SSSR count). The summed E-state index contributed by atoms with van der Waals surface area (Å²) in [5, 5.41) is 11.7. The number of nitro groups is 1. The molecule has 0 saturated carbocycles. The van der Waals surface area contributed by atoms with Gasteiger partial charge >= 0.3 is 23.9 Å². The van der Waals surface area contributed by atoms with Crippen LogP contribution in [0.1, 0.15) is 6.92 Å². The van der Waals surface area contributed by atoms with E-state index >= 15 is 0 Å². The van der Waals surface area contributed by atoms with Gasteiger partial charge in [-0.3, -0.25) is 15.1 Å². The second-order valence-corrected chi connectivity index (χ2v) is 5.92. The Labute approximate surface area is 177 Å². The van der Waals surface area contributed by atoms with E-state index in [9.17, 15) is 28.1 Å². The van der Waals surface area contributed by atoms with Gasteiger partial charge in [0.25, 0.3) is 0 Å². The normalized spacial score (nSPS) is 13.4. The largest absolute Gasteiger partial charge is 0.573 e. The number of rotatable bonds is 7. The second-order valence-electron chi connectivity index (χ2n) is 5.92. The summed E-state index contributed by atoms with van der Waals surface area (Å²) >= 11 is 0. The van der Waals surface area contributed by atoms with E-state index in [2.05, 4.69) is 19.7 Å². The van der Waals surface area contributed by atoms with Crippen molar-refractivity contribution in [3.8, 4) is 17.4 Å².